The largest absolute Gasteiger partial charge is 0.463 e. The summed E-state index contributed by atoms with van der Waals surface area (Å²) in [6.07, 6.45) is 23.2. The van der Waals surface area contributed by atoms with E-state index >= 15 is 0 Å². The summed E-state index contributed by atoms with van der Waals surface area (Å²) in [5, 5.41) is 0. The van der Waals surface area contributed by atoms with Gasteiger partial charge in [0.2, 0.25) is 0 Å². The summed E-state index contributed by atoms with van der Waals surface area (Å²) in [7, 11) is 0. The van der Waals surface area contributed by atoms with Gasteiger partial charge in [-0.1, -0.05) is 117 Å². The lowest BCUT2D eigenvalue weighted by Crippen LogP contribution is -2.20. The summed E-state index contributed by atoms with van der Waals surface area (Å²) in [6.45, 7) is 11.4. The van der Waals surface area contributed by atoms with Gasteiger partial charge in [0.1, 0.15) is 6.61 Å². The summed E-state index contributed by atoms with van der Waals surface area (Å²) < 4.78 is 27.5. The number of hydrogen-bond donors (Lipinski definition) is 0. The molecule has 0 saturated heterocycles. The van der Waals surface area contributed by atoms with Crippen LogP contribution in [0.2, 0.25) is 0 Å². The Balaban J connectivity index is 3.16. The zero-order valence-electron chi connectivity index (χ0n) is 25.6. The van der Waals surface area contributed by atoms with Gasteiger partial charge in [0.05, 0.1) is 52.2 Å². The first-order valence-electron chi connectivity index (χ1n) is 16.2. The molecule has 0 bridgehead atoms. The Morgan fingerprint density at radius 1 is 0.447 bits per heavy atom. The van der Waals surface area contributed by atoms with Crippen LogP contribution >= 0.6 is 0 Å². The van der Waals surface area contributed by atoms with E-state index in [0.29, 0.717) is 52.9 Å². The molecule has 1 atom stereocenters. The van der Waals surface area contributed by atoms with E-state index in [9.17, 15) is 4.79 Å². The summed E-state index contributed by atoms with van der Waals surface area (Å²) in [5.74, 6) is -0.0748. The molecular formula is C32H64O6. The van der Waals surface area contributed by atoms with Crippen LogP contribution in [0.5, 0.6) is 0 Å². The van der Waals surface area contributed by atoms with Crippen LogP contribution in [0.3, 0.4) is 0 Å². The van der Waals surface area contributed by atoms with E-state index in [-0.39, 0.29) is 11.9 Å². The molecule has 1 unspecified atom stereocenters. The molecule has 6 nitrogen and oxygen atoms in total. The zero-order valence-corrected chi connectivity index (χ0v) is 25.6. The minimum Gasteiger partial charge on any atom is -0.463 e. The summed E-state index contributed by atoms with van der Waals surface area (Å²) in [4.78, 5) is 12.0. The van der Waals surface area contributed by atoms with Crippen LogP contribution in [0, 0.1) is 5.92 Å². The van der Waals surface area contributed by atoms with Crippen molar-refractivity contribution in [3.8, 4) is 0 Å². The molecule has 0 N–H and O–H groups in total. The molecule has 0 spiro atoms. The zero-order chi connectivity index (χ0) is 27.8. The average Bonchev–Trinajstić information content (AvgIpc) is 2.93. The summed E-state index contributed by atoms with van der Waals surface area (Å²) >= 11 is 0. The number of rotatable bonds is 32. The molecule has 0 aliphatic carbocycles. The second-order valence-corrected chi connectivity index (χ2v) is 10.5. The Morgan fingerprint density at radius 3 is 1.24 bits per heavy atom. The van der Waals surface area contributed by atoms with Crippen molar-refractivity contribution >= 4 is 5.97 Å². The molecule has 0 aromatic rings. The molecule has 0 amide bonds. The first-order chi connectivity index (χ1) is 18.8. The number of hydrogen-bond acceptors (Lipinski definition) is 6. The van der Waals surface area contributed by atoms with E-state index in [2.05, 4.69) is 13.8 Å². The van der Waals surface area contributed by atoms with Gasteiger partial charge in [0.25, 0.3) is 0 Å². The molecule has 0 radical (unpaired) electrons. The molecule has 38 heavy (non-hydrogen) atoms. The quantitative estimate of drug-likeness (QED) is 0.0627. The van der Waals surface area contributed by atoms with Crippen LogP contribution in [-0.4, -0.2) is 65.4 Å². The van der Waals surface area contributed by atoms with Gasteiger partial charge in [-0.15, -0.1) is 0 Å². The molecule has 0 heterocycles. The van der Waals surface area contributed by atoms with Gasteiger partial charge < -0.3 is 23.7 Å². The van der Waals surface area contributed by atoms with Gasteiger partial charge in [0.15, 0.2) is 0 Å². The van der Waals surface area contributed by atoms with E-state index in [1.165, 1.54) is 83.5 Å². The van der Waals surface area contributed by atoms with Crippen molar-refractivity contribution in [2.24, 2.45) is 5.92 Å². The fraction of sp³-hybridized carbons (Fsp3) is 0.969. The SMILES string of the molecule is CCCCCCCCCCCCCCCCOCCOCCOCCOCCOC(=O)C(CC)CCCC. The fourth-order valence-electron chi connectivity index (χ4n) is 4.42. The third-order valence-electron chi connectivity index (χ3n) is 6.96. The van der Waals surface area contributed by atoms with Crippen molar-refractivity contribution in [2.45, 2.75) is 136 Å². The highest BCUT2D eigenvalue weighted by Crippen LogP contribution is 2.14. The number of carbonyl (C=O) groups excluding carboxylic acids is 1. The molecule has 0 aromatic carbocycles. The third kappa shape index (κ3) is 28.3. The normalized spacial score (nSPS) is 12.2. The van der Waals surface area contributed by atoms with Crippen LogP contribution in [-0.2, 0) is 28.5 Å². The Bertz CT molecular complexity index is 459. The minimum absolute atomic E-state index is 0.0211. The van der Waals surface area contributed by atoms with E-state index in [1.807, 2.05) is 6.92 Å². The van der Waals surface area contributed by atoms with Crippen LogP contribution in [0.15, 0.2) is 0 Å². The molecular weight excluding hydrogens is 480 g/mol. The maximum atomic E-state index is 12.0. The molecule has 228 valence electrons. The van der Waals surface area contributed by atoms with Crippen molar-refractivity contribution in [3.63, 3.8) is 0 Å². The van der Waals surface area contributed by atoms with Crippen molar-refractivity contribution in [2.75, 3.05) is 59.5 Å². The Hall–Kier alpha value is -0.690. The second-order valence-electron chi connectivity index (χ2n) is 10.5. The van der Waals surface area contributed by atoms with Gasteiger partial charge in [-0.05, 0) is 19.3 Å². The lowest BCUT2D eigenvalue weighted by molar-refractivity contribution is -0.150. The van der Waals surface area contributed by atoms with Crippen LogP contribution in [0.25, 0.3) is 0 Å². The van der Waals surface area contributed by atoms with Gasteiger partial charge in [-0.25, -0.2) is 0 Å². The first-order valence-corrected chi connectivity index (χ1v) is 16.2. The van der Waals surface area contributed by atoms with Crippen molar-refractivity contribution in [1.29, 1.82) is 0 Å². The lowest BCUT2D eigenvalue weighted by Gasteiger charge is -2.13. The molecule has 0 fully saturated rings. The molecule has 0 rings (SSSR count). The number of esters is 1. The predicted molar refractivity (Wildman–Crippen MR) is 158 cm³/mol. The van der Waals surface area contributed by atoms with E-state index in [0.717, 1.165) is 38.7 Å². The minimum atomic E-state index is -0.0958. The Labute approximate surface area is 236 Å². The van der Waals surface area contributed by atoms with Crippen molar-refractivity contribution in [1.82, 2.24) is 0 Å². The highest BCUT2D eigenvalue weighted by atomic mass is 16.6. The smallest absolute Gasteiger partial charge is 0.308 e. The first kappa shape index (κ1) is 37.3. The van der Waals surface area contributed by atoms with Gasteiger partial charge in [-0.2, -0.15) is 0 Å². The third-order valence-corrected chi connectivity index (χ3v) is 6.96. The summed E-state index contributed by atoms with van der Waals surface area (Å²) in [6, 6.07) is 0. The van der Waals surface area contributed by atoms with Crippen molar-refractivity contribution in [3.05, 3.63) is 0 Å². The monoisotopic (exact) mass is 544 g/mol. The lowest BCUT2D eigenvalue weighted by atomic mass is 10.00. The van der Waals surface area contributed by atoms with Crippen LogP contribution in [0.4, 0.5) is 0 Å². The average molecular weight is 545 g/mol. The van der Waals surface area contributed by atoms with E-state index in [1.54, 1.807) is 0 Å². The van der Waals surface area contributed by atoms with Crippen molar-refractivity contribution < 1.29 is 28.5 Å². The molecule has 0 aliphatic rings. The standard InChI is InChI=1S/C32H64O6/c1-4-7-9-10-11-12-13-14-15-16-17-18-19-20-22-34-23-24-35-25-26-36-27-28-37-29-30-38-32(33)31(6-3)21-8-5-2/h31H,4-30H2,1-3H3. The van der Waals surface area contributed by atoms with Crippen LogP contribution in [0.1, 0.15) is 136 Å². The Morgan fingerprint density at radius 2 is 0.816 bits per heavy atom. The number of ether oxygens (including phenoxy) is 5. The van der Waals surface area contributed by atoms with Gasteiger partial charge >= 0.3 is 5.97 Å². The Kier molecular flexibility index (Phi) is 31.9. The predicted octanol–water partition coefficient (Wildman–Crippen LogP) is 8.29. The highest BCUT2D eigenvalue weighted by molar-refractivity contribution is 5.72. The summed E-state index contributed by atoms with van der Waals surface area (Å²) in [5.41, 5.74) is 0. The number of carbonyl (C=O) groups is 1. The van der Waals surface area contributed by atoms with E-state index in [4.69, 9.17) is 23.7 Å². The highest BCUT2D eigenvalue weighted by Gasteiger charge is 2.16. The van der Waals surface area contributed by atoms with E-state index < -0.39 is 0 Å². The molecule has 6 heteroatoms. The van der Waals surface area contributed by atoms with Crippen LogP contribution < -0.4 is 0 Å². The number of unbranched alkanes of at least 4 members (excludes halogenated alkanes) is 14. The fourth-order valence-corrected chi connectivity index (χ4v) is 4.42. The topological polar surface area (TPSA) is 63.2 Å². The molecule has 0 saturated carbocycles. The second kappa shape index (κ2) is 32.5. The van der Waals surface area contributed by atoms with Gasteiger partial charge in [0, 0.05) is 6.61 Å². The van der Waals surface area contributed by atoms with Gasteiger partial charge in [-0.3, -0.25) is 4.79 Å². The maximum Gasteiger partial charge on any atom is 0.308 e. The maximum absolute atomic E-state index is 12.0. The molecule has 0 aromatic heterocycles. The molecule has 0 aliphatic heterocycles.